The average molecular weight is 406 g/mol. The van der Waals surface area contributed by atoms with Crippen molar-refractivity contribution < 1.29 is 23.6 Å². The first-order chi connectivity index (χ1) is 13.3. The molecule has 1 atom stereocenters. The van der Waals surface area contributed by atoms with Gasteiger partial charge in [0.15, 0.2) is 0 Å². The van der Waals surface area contributed by atoms with Crippen molar-refractivity contribution in [1.29, 1.82) is 0 Å². The van der Waals surface area contributed by atoms with Crippen LogP contribution >= 0.6 is 0 Å². The van der Waals surface area contributed by atoms with E-state index in [2.05, 4.69) is 6.92 Å². The Balaban J connectivity index is 2.07. The maximum Gasteiger partial charge on any atom is 0.324 e. The molecule has 148 valence electrons. The zero-order chi connectivity index (χ0) is 20.7. The summed E-state index contributed by atoms with van der Waals surface area (Å²) < 4.78 is 17.5. The van der Waals surface area contributed by atoms with E-state index in [1.807, 2.05) is 12.1 Å². The quantitative estimate of drug-likeness (QED) is 0.269. The molecular formula is C18H18N2O7S. The molecular weight excluding hydrogens is 388 g/mol. The average Bonchev–Trinajstić information content (AvgIpc) is 2.66. The van der Waals surface area contributed by atoms with E-state index in [-0.39, 0.29) is 10.6 Å². The highest BCUT2D eigenvalue weighted by atomic mass is 32.2. The predicted octanol–water partition coefficient (Wildman–Crippen LogP) is 3.56. The fraction of sp³-hybridized carbons (Fsp3) is 0.278. The standard InChI is InChI=1S/C18H18N2O7S/c1-2-3-4-13-5-8-15(9-6-13)27-18(21)12-28(26)17-10-7-14(19(22)23)11-16(17)20(24)25/h5-11H,2-4,12H2,1H3. The number of nitro benzene ring substituents is 2. The van der Waals surface area contributed by atoms with E-state index >= 15 is 0 Å². The summed E-state index contributed by atoms with van der Waals surface area (Å²) in [7, 11) is -2.09. The molecule has 2 aromatic rings. The monoisotopic (exact) mass is 406 g/mol. The number of ether oxygens (including phenoxy) is 1. The second kappa shape index (κ2) is 9.70. The van der Waals surface area contributed by atoms with E-state index in [4.69, 9.17) is 4.74 Å². The molecule has 9 nitrogen and oxygen atoms in total. The van der Waals surface area contributed by atoms with Crippen LogP contribution in [-0.4, -0.2) is 25.8 Å². The molecule has 0 bridgehead atoms. The van der Waals surface area contributed by atoms with Crippen LogP contribution in [0.1, 0.15) is 25.3 Å². The summed E-state index contributed by atoms with van der Waals surface area (Å²) in [6, 6.07) is 9.64. The lowest BCUT2D eigenvalue weighted by atomic mass is 10.1. The third-order valence-electron chi connectivity index (χ3n) is 3.82. The number of aryl methyl sites for hydroxylation is 1. The zero-order valence-electron chi connectivity index (χ0n) is 15.0. The van der Waals surface area contributed by atoms with Crippen molar-refractivity contribution in [3.05, 3.63) is 68.3 Å². The highest BCUT2D eigenvalue weighted by Gasteiger charge is 2.25. The third-order valence-corrected chi connectivity index (χ3v) is 5.15. The topological polar surface area (TPSA) is 130 Å². The number of carbonyl (C=O) groups excluding carboxylic acids is 1. The molecule has 0 aliphatic rings. The lowest BCUT2D eigenvalue weighted by Crippen LogP contribution is -2.17. The predicted molar refractivity (Wildman–Crippen MR) is 102 cm³/mol. The second-order valence-electron chi connectivity index (χ2n) is 5.88. The van der Waals surface area contributed by atoms with Crippen LogP contribution in [0, 0.1) is 20.2 Å². The van der Waals surface area contributed by atoms with Gasteiger partial charge in [-0.05, 0) is 36.6 Å². The Morgan fingerprint density at radius 2 is 1.75 bits per heavy atom. The van der Waals surface area contributed by atoms with Crippen LogP contribution in [0.2, 0.25) is 0 Å². The lowest BCUT2D eigenvalue weighted by molar-refractivity contribution is -0.396. The van der Waals surface area contributed by atoms with Gasteiger partial charge in [-0.1, -0.05) is 25.5 Å². The molecule has 0 heterocycles. The van der Waals surface area contributed by atoms with E-state index in [1.54, 1.807) is 12.1 Å². The highest BCUT2D eigenvalue weighted by Crippen LogP contribution is 2.27. The van der Waals surface area contributed by atoms with Crippen LogP contribution in [0.25, 0.3) is 0 Å². The van der Waals surface area contributed by atoms with Gasteiger partial charge in [-0.2, -0.15) is 0 Å². The van der Waals surface area contributed by atoms with Crippen LogP contribution in [0.4, 0.5) is 11.4 Å². The maximum absolute atomic E-state index is 12.4. The Kier molecular flexibility index (Phi) is 7.33. The van der Waals surface area contributed by atoms with Crippen LogP contribution in [0.5, 0.6) is 5.75 Å². The Labute approximate surface area is 163 Å². The molecule has 10 heteroatoms. The van der Waals surface area contributed by atoms with Crippen LogP contribution in [0.15, 0.2) is 47.4 Å². The number of nitrogens with zero attached hydrogens (tertiary/aromatic N) is 2. The van der Waals surface area contributed by atoms with Gasteiger partial charge in [-0.15, -0.1) is 0 Å². The number of rotatable bonds is 9. The first-order valence-electron chi connectivity index (χ1n) is 8.42. The van der Waals surface area contributed by atoms with Gasteiger partial charge in [0, 0.05) is 6.07 Å². The fourth-order valence-corrected chi connectivity index (χ4v) is 3.42. The summed E-state index contributed by atoms with van der Waals surface area (Å²) in [5.74, 6) is -1.16. The van der Waals surface area contributed by atoms with Crippen molar-refractivity contribution in [3.63, 3.8) is 0 Å². The summed E-state index contributed by atoms with van der Waals surface area (Å²) in [5.41, 5.74) is -0.0782. The first-order valence-corrected chi connectivity index (χ1v) is 9.74. The molecule has 0 saturated carbocycles. The van der Waals surface area contributed by atoms with Gasteiger partial charge in [0.05, 0.1) is 26.7 Å². The maximum atomic E-state index is 12.4. The number of carbonyl (C=O) groups is 1. The van der Waals surface area contributed by atoms with E-state index in [0.717, 1.165) is 37.0 Å². The largest absolute Gasteiger partial charge is 0.426 e. The van der Waals surface area contributed by atoms with Crippen molar-refractivity contribution in [2.75, 3.05) is 5.75 Å². The minimum absolute atomic E-state index is 0.275. The SMILES string of the molecule is CCCCc1ccc(OC(=O)CS(=O)c2ccc([N+](=O)[O-])cc2[N+](=O)[O-])cc1. The zero-order valence-corrected chi connectivity index (χ0v) is 15.8. The summed E-state index contributed by atoms with van der Waals surface area (Å²) >= 11 is 0. The molecule has 2 rings (SSSR count). The first kappa shape index (κ1) is 21.2. The molecule has 0 fully saturated rings. The Bertz CT molecular complexity index is 913. The molecule has 0 amide bonds. The molecule has 0 N–H and O–H groups in total. The number of unbranched alkanes of at least 4 members (excludes halogenated alkanes) is 1. The molecule has 2 aromatic carbocycles. The van der Waals surface area contributed by atoms with Gasteiger partial charge in [0.2, 0.25) is 0 Å². The molecule has 28 heavy (non-hydrogen) atoms. The molecule has 0 spiro atoms. The van der Waals surface area contributed by atoms with Gasteiger partial charge < -0.3 is 4.74 Å². The summed E-state index contributed by atoms with van der Waals surface area (Å²) in [6.45, 7) is 2.09. The van der Waals surface area contributed by atoms with Crippen molar-refractivity contribution in [2.24, 2.45) is 0 Å². The molecule has 0 aromatic heterocycles. The van der Waals surface area contributed by atoms with Crippen LogP contribution < -0.4 is 4.74 Å². The van der Waals surface area contributed by atoms with Gasteiger partial charge in [-0.25, -0.2) is 0 Å². The van der Waals surface area contributed by atoms with Crippen molar-refractivity contribution in [2.45, 2.75) is 31.1 Å². The molecule has 0 aliphatic heterocycles. The summed E-state index contributed by atoms with van der Waals surface area (Å²) in [5, 5.41) is 21.9. The second-order valence-corrected chi connectivity index (χ2v) is 7.30. The highest BCUT2D eigenvalue weighted by molar-refractivity contribution is 7.85. The molecule has 0 aliphatic carbocycles. The smallest absolute Gasteiger partial charge is 0.324 e. The number of esters is 1. The number of hydrogen-bond acceptors (Lipinski definition) is 7. The summed E-state index contributed by atoms with van der Waals surface area (Å²) in [6.07, 6.45) is 3.03. The van der Waals surface area contributed by atoms with E-state index < -0.39 is 43.7 Å². The number of hydrogen-bond donors (Lipinski definition) is 0. The van der Waals surface area contributed by atoms with Crippen LogP contribution in [-0.2, 0) is 22.0 Å². The van der Waals surface area contributed by atoms with Gasteiger partial charge >= 0.3 is 5.97 Å². The van der Waals surface area contributed by atoms with E-state index in [0.29, 0.717) is 6.07 Å². The Morgan fingerprint density at radius 1 is 1.07 bits per heavy atom. The number of nitro groups is 2. The Hall–Kier alpha value is -3.14. The molecule has 1 unspecified atom stereocenters. The van der Waals surface area contributed by atoms with Gasteiger partial charge in [-0.3, -0.25) is 29.2 Å². The van der Waals surface area contributed by atoms with Crippen molar-refractivity contribution in [3.8, 4) is 5.75 Å². The third kappa shape index (κ3) is 5.68. The molecule has 0 radical (unpaired) electrons. The minimum Gasteiger partial charge on any atom is -0.426 e. The minimum atomic E-state index is -2.09. The number of benzene rings is 2. The van der Waals surface area contributed by atoms with Gasteiger partial charge in [0.1, 0.15) is 16.4 Å². The lowest BCUT2D eigenvalue weighted by Gasteiger charge is -2.06. The number of non-ortho nitro benzene ring substituents is 1. The molecule has 0 saturated heterocycles. The van der Waals surface area contributed by atoms with Crippen molar-refractivity contribution >= 4 is 28.1 Å². The van der Waals surface area contributed by atoms with Crippen molar-refractivity contribution in [1.82, 2.24) is 0 Å². The van der Waals surface area contributed by atoms with Crippen LogP contribution in [0.3, 0.4) is 0 Å². The Morgan fingerprint density at radius 3 is 2.32 bits per heavy atom. The van der Waals surface area contributed by atoms with E-state index in [1.165, 1.54) is 0 Å². The fourth-order valence-electron chi connectivity index (χ4n) is 2.41. The van der Waals surface area contributed by atoms with E-state index in [9.17, 15) is 29.2 Å². The summed E-state index contributed by atoms with van der Waals surface area (Å²) in [4.78, 5) is 31.9. The normalized spacial score (nSPS) is 11.6. The van der Waals surface area contributed by atoms with Gasteiger partial charge in [0.25, 0.3) is 11.4 Å².